The molecule has 0 aliphatic carbocycles. The lowest BCUT2D eigenvalue weighted by Gasteiger charge is -2.16. The lowest BCUT2D eigenvalue weighted by Crippen LogP contribution is -2.19. The highest BCUT2D eigenvalue weighted by Crippen LogP contribution is 2.29. The first-order chi connectivity index (χ1) is 8.05. The number of hydrogen-bond donors (Lipinski definition) is 1. The van der Waals surface area contributed by atoms with Crippen molar-refractivity contribution in [3.8, 4) is 0 Å². The van der Waals surface area contributed by atoms with Crippen molar-refractivity contribution in [3.63, 3.8) is 0 Å². The van der Waals surface area contributed by atoms with Gasteiger partial charge in [0.1, 0.15) is 0 Å². The Bertz CT molecular complexity index is 396. The molecule has 1 heterocycles. The number of nitrogens with one attached hydrogen (secondary N) is 1. The minimum atomic E-state index is -4.26. The first-order valence-electron chi connectivity index (χ1n) is 5.67. The Morgan fingerprint density at radius 3 is 2.29 bits per heavy atom. The fourth-order valence-corrected chi connectivity index (χ4v) is 1.87. The van der Waals surface area contributed by atoms with Gasteiger partial charge in [0.25, 0.3) is 0 Å². The van der Waals surface area contributed by atoms with Crippen LogP contribution in [0.15, 0.2) is 30.0 Å². The van der Waals surface area contributed by atoms with Crippen molar-refractivity contribution in [2.45, 2.75) is 25.4 Å². The van der Waals surface area contributed by atoms with Crippen LogP contribution in [-0.4, -0.2) is 6.54 Å². The lowest BCUT2D eigenvalue weighted by atomic mass is 10.1. The van der Waals surface area contributed by atoms with E-state index in [4.69, 9.17) is 0 Å². The van der Waals surface area contributed by atoms with Gasteiger partial charge in [-0.1, -0.05) is 12.1 Å². The minimum absolute atomic E-state index is 0.601. The summed E-state index contributed by atoms with van der Waals surface area (Å²) in [5.74, 6) is 0. The van der Waals surface area contributed by atoms with Gasteiger partial charge in [-0.15, -0.1) is 0 Å². The Morgan fingerprint density at radius 2 is 1.76 bits per heavy atom. The SMILES string of the molecule is FC(F)(F)c1ccc(/C=C2\CCCCN2)cc1. The number of benzene rings is 1. The van der Waals surface area contributed by atoms with Crippen LogP contribution in [0.5, 0.6) is 0 Å². The molecule has 1 N–H and O–H groups in total. The number of rotatable bonds is 1. The van der Waals surface area contributed by atoms with E-state index in [0.29, 0.717) is 0 Å². The molecular weight excluding hydrogens is 227 g/mol. The summed E-state index contributed by atoms with van der Waals surface area (Å²) in [6, 6.07) is 5.25. The molecule has 1 aromatic carbocycles. The van der Waals surface area contributed by atoms with Crippen molar-refractivity contribution < 1.29 is 13.2 Å². The second-order valence-corrected chi connectivity index (χ2v) is 4.17. The molecule has 0 unspecified atom stereocenters. The molecule has 1 aliphatic rings. The molecule has 1 aromatic rings. The molecule has 17 heavy (non-hydrogen) atoms. The maximum absolute atomic E-state index is 12.4. The molecule has 4 heteroatoms. The van der Waals surface area contributed by atoms with E-state index in [1.165, 1.54) is 12.1 Å². The second-order valence-electron chi connectivity index (χ2n) is 4.17. The monoisotopic (exact) mass is 241 g/mol. The van der Waals surface area contributed by atoms with Gasteiger partial charge in [0.2, 0.25) is 0 Å². The summed E-state index contributed by atoms with van der Waals surface area (Å²) >= 11 is 0. The number of halogens is 3. The zero-order chi connectivity index (χ0) is 12.3. The fraction of sp³-hybridized carbons (Fsp3) is 0.385. The van der Waals surface area contributed by atoms with Crippen LogP contribution in [0.1, 0.15) is 30.4 Å². The summed E-state index contributed by atoms with van der Waals surface area (Å²) in [5.41, 5.74) is 1.31. The molecular formula is C13H14F3N. The zero-order valence-electron chi connectivity index (χ0n) is 9.35. The average molecular weight is 241 g/mol. The molecule has 1 fully saturated rings. The van der Waals surface area contributed by atoms with E-state index in [0.717, 1.165) is 49.2 Å². The zero-order valence-corrected chi connectivity index (χ0v) is 9.35. The van der Waals surface area contributed by atoms with Crippen LogP contribution >= 0.6 is 0 Å². The summed E-state index contributed by atoms with van der Waals surface area (Å²) in [6.07, 6.45) is 0.929. The van der Waals surface area contributed by atoms with Gasteiger partial charge in [-0.2, -0.15) is 13.2 Å². The smallest absolute Gasteiger partial charge is 0.388 e. The summed E-state index contributed by atoms with van der Waals surface area (Å²) < 4.78 is 37.1. The van der Waals surface area contributed by atoms with E-state index in [9.17, 15) is 13.2 Å². The average Bonchev–Trinajstić information content (AvgIpc) is 2.30. The molecule has 1 saturated heterocycles. The van der Waals surface area contributed by atoms with E-state index >= 15 is 0 Å². The maximum Gasteiger partial charge on any atom is 0.416 e. The van der Waals surface area contributed by atoms with E-state index in [-0.39, 0.29) is 0 Å². The van der Waals surface area contributed by atoms with Crippen molar-refractivity contribution in [2.24, 2.45) is 0 Å². The molecule has 0 saturated carbocycles. The quantitative estimate of drug-likeness (QED) is 0.788. The molecule has 0 atom stereocenters. The minimum Gasteiger partial charge on any atom is -0.388 e. The van der Waals surface area contributed by atoms with Crippen molar-refractivity contribution in [1.29, 1.82) is 0 Å². The highest BCUT2D eigenvalue weighted by Gasteiger charge is 2.29. The molecule has 2 rings (SSSR count). The second kappa shape index (κ2) is 4.82. The molecule has 0 amide bonds. The first kappa shape index (κ1) is 12.0. The van der Waals surface area contributed by atoms with Crippen molar-refractivity contribution in [3.05, 3.63) is 41.1 Å². The van der Waals surface area contributed by atoms with E-state index in [1.54, 1.807) is 0 Å². The molecule has 0 aromatic heterocycles. The van der Waals surface area contributed by atoms with Crippen LogP contribution in [-0.2, 0) is 6.18 Å². The first-order valence-corrected chi connectivity index (χ1v) is 5.67. The topological polar surface area (TPSA) is 12.0 Å². The van der Waals surface area contributed by atoms with Crippen LogP contribution in [0.4, 0.5) is 13.2 Å². The largest absolute Gasteiger partial charge is 0.416 e. The highest BCUT2D eigenvalue weighted by molar-refractivity contribution is 5.53. The Morgan fingerprint density at radius 1 is 1.06 bits per heavy atom. The van der Waals surface area contributed by atoms with Crippen molar-refractivity contribution in [2.75, 3.05) is 6.54 Å². The molecule has 1 nitrogen and oxygen atoms in total. The standard InChI is InChI=1S/C13H14F3N/c14-13(15,16)11-6-4-10(5-7-11)9-12-3-1-2-8-17-12/h4-7,9,17H,1-3,8H2/b12-9+. The third kappa shape index (κ3) is 3.25. The Kier molecular flexibility index (Phi) is 3.41. The Balaban J connectivity index is 2.12. The predicted octanol–water partition coefficient (Wildman–Crippen LogP) is 3.82. The fourth-order valence-electron chi connectivity index (χ4n) is 1.87. The van der Waals surface area contributed by atoms with Crippen LogP contribution in [0, 0.1) is 0 Å². The van der Waals surface area contributed by atoms with Gasteiger partial charge in [-0.25, -0.2) is 0 Å². The van der Waals surface area contributed by atoms with Gasteiger partial charge in [-0.05, 0) is 43.0 Å². The Hall–Kier alpha value is -1.45. The van der Waals surface area contributed by atoms with Gasteiger partial charge in [0.05, 0.1) is 5.56 Å². The van der Waals surface area contributed by atoms with Gasteiger partial charge >= 0.3 is 6.18 Å². The lowest BCUT2D eigenvalue weighted by molar-refractivity contribution is -0.137. The third-order valence-electron chi connectivity index (χ3n) is 2.80. The van der Waals surface area contributed by atoms with Crippen molar-refractivity contribution >= 4 is 6.08 Å². The van der Waals surface area contributed by atoms with E-state index in [2.05, 4.69) is 5.32 Å². The predicted molar refractivity (Wildman–Crippen MR) is 61.3 cm³/mol. The summed E-state index contributed by atoms with van der Waals surface area (Å²) in [6.45, 7) is 0.951. The molecule has 92 valence electrons. The number of piperidine rings is 1. The van der Waals surface area contributed by atoms with Gasteiger partial charge < -0.3 is 5.32 Å². The van der Waals surface area contributed by atoms with E-state index < -0.39 is 11.7 Å². The normalized spacial score (nSPS) is 19.1. The number of allylic oxidation sites excluding steroid dienone is 1. The van der Waals surface area contributed by atoms with Crippen LogP contribution in [0.3, 0.4) is 0 Å². The molecule has 0 spiro atoms. The van der Waals surface area contributed by atoms with Crippen molar-refractivity contribution in [1.82, 2.24) is 5.32 Å². The third-order valence-corrected chi connectivity index (χ3v) is 2.80. The van der Waals surface area contributed by atoms with Crippen LogP contribution in [0.2, 0.25) is 0 Å². The molecule has 0 radical (unpaired) electrons. The van der Waals surface area contributed by atoms with Gasteiger partial charge in [-0.3, -0.25) is 0 Å². The van der Waals surface area contributed by atoms with Gasteiger partial charge in [0.15, 0.2) is 0 Å². The van der Waals surface area contributed by atoms with Crippen LogP contribution < -0.4 is 5.32 Å². The van der Waals surface area contributed by atoms with Crippen LogP contribution in [0.25, 0.3) is 6.08 Å². The van der Waals surface area contributed by atoms with E-state index in [1.807, 2.05) is 6.08 Å². The summed E-state index contributed by atoms with van der Waals surface area (Å²) in [5, 5.41) is 3.25. The number of hydrogen-bond acceptors (Lipinski definition) is 1. The summed E-state index contributed by atoms with van der Waals surface area (Å²) in [7, 11) is 0. The maximum atomic E-state index is 12.4. The number of alkyl halides is 3. The summed E-state index contributed by atoms with van der Waals surface area (Å²) in [4.78, 5) is 0. The molecule has 0 bridgehead atoms. The Labute approximate surface area is 98.3 Å². The van der Waals surface area contributed by atoms with Gasteiger partial charge in [0, 0.05) is 12.2 Å². The molecule has 1 aliphatic heterocycles. The highest BCUT2D eigenvalue weighted by atomic mass is 19.4.